The van der Waals surface area contributed by atoms with Gasteiger partial charge in [0, 0.05) is 48.6 Å². The van der Waals surface area contributed by atoms with Crippen LogP contribution in [-0.4, -0.2) is 46.2 Å². The molecule has 1 amide bonds. The number of amidine groups is 1. The molecule has 0 bridgehead atoms. The van der Waals surface area contributed by atoms with Crippen molar-refractivity contribution in [2.75, 3.05) is 19.6 Å². The Morgan fingerprint density at radius 2 is 1.96 bits per heavy atom. The van der Waals surface area contributed by atoms with E-state index in [-0.39, 0.29) is 5.91 Å². The molecule has 4 N–H and O–H groups in total. The number of nitrogens with zero attached hydrogens (tertiary/aromatic N) is 4. The number of aliphatic imine (C=N–C) groups is 1. The van der Waals surface area contributed by atoms with E-state index in [4.69, 9.17) is 11.5 Å². The molecular formula is C21H26N6O. The van der Waals surface area contributed by atoms with Crippen molar-refractivity contribution in [2.45, 2.75) is 26.2 Å². The molecule has 0 spiro atoms. The average Bonchev–Trinajstić information content (AvgIpc) is 2.88. The van der Waals surface area contributed by atoms with Crippen LogP contribution in [0.4, 0.5) is 5.69 Å². The lowest BCUT2D eigenvalue weighted by Gasteiger charge is -2.23. The van der Waals surface area contributed by atoms with Gasteiger partial charge in [-0.1, -0.05) is 19.1 Å². The summed E-state index contributed by atoms with van der Waals surface area (Å²) in [4.78, 5) is 27.6. The van der Waals surface area contributed by atoms with Gasteiger partial charge in [0.2, 0.25) is 5.91 Å². The fourth-order valence-electron chi connectivity index (χ4n) is 3.23. The first-order chi connectivity index (χ1) is 13.6. The van der Waals surface area contributed by atoms with Crippen molar-refractivity contribution in [3.63, 3.8) is 0 Å². The summed E-state index contributed by atoms with van der Waals surface area (Å²) < 4.78 is 0. The van der Waals surface area contributed by atoms with Gasteiger partial charge in [0.15, 0.2) is 0 Å². The third-order valence-electron chi connectivity index (χ3n) is 4.58. The van der Waals surface area contributed by atoms with Crippen LogP contribution in [0, 0.1) is 0 Å². The fourth-order valence-corrected chi connectivity index (χ4v) is 3.23. The standard InChI is InChI=1S/C21H26N6O/c1-2-7-27(8-3-6-22)21(28)17-9-16-5-4-15(18-12-24-14-25-13-18)10-19(16)26-20(23)11-17/h4-5,9-10,12-14H,2-3,6-8,11,22H2,1H3,(H2,23,26). The molecule has 0 unspecified atom stereocenters. The first kappa shape index (κ1) is 19.7. The van der Waals surface area contributed by atoms with E-state index in [2.05, 4.69) is 21.9 Å². The summed E-state index contributed by atoms with van der Waals surface area (Å²) >= 11 is 0. The topological polar surface area (TPSA) is 110 Å². The van der Waals surface area contributed by atoms with Crippen molar-refractivity contribution in [3.05, 3.63) is 48.1 Å². The Bertz CT molecular complexity index is 891. The number of hydrogen-bond donors (Lipinski definition) is 2. The number of benzene rings is 1. The first-order valence-electron chi connectivity index (χ1n) is 9.54. The maximum absolute atomic E-state index is 13.1. The van der Waals surface area contributed by atoms with Crippen molar-refractivity contribution in [1.82, 2.24) is 14.9 Å². The van der Waals surface area contributed by atoms with Crippen molar-refractivity contribution in [3.8, 4) is 11.1 Å². The second-order valence-electron chi connectivity index (χ2n) is 6.78. The maximum atomic E-state index is 13.1. The van der Waals surface area contributed by atoms with Gasteiger partial charge >= 0.3 is 0 Å². The normalized spacial score (nSPS) is 13.2. The number of amides is 1. The van der Waals surface area contributed by atoms with Gasteiger partial charge in [0.25, 0.3) is 0 Å². The number of aromatic nitrogens is 2. The van der Waals surface area contributed by atoms with E-state index in [0.717, 1.165) is 35.2 Å². The molecule has 1 aliphatic heterocycles. The van der Waals surface area contributed by atoms with E-state index in [1.54, 1.807) is 12.4 Å². The Morgan fingerprint density at radius 1 is 1.18 bits per heavy atom. The minimum Gasteiger partial charge on any atom is -0.387 e. The molecule has 0 radical (unpaired) electrons. The van der Waals surface area contributed by atoms with Crippen LogP contribution in [0.2, 0.25) is 0 Å². The van der Waals surface area contributed by atoms with Crippen LogP contribution in [0.15, 0.2) is 47.5 Å². The van der Waals surface area contributed by atoms with Crippen molar-refractivity contribution in [2.24, 2.45) is 16.5 Å². The number of nitrogens with two attached hydrogens (primary N) is 2. The second-order valence-corrected chi connectivity index (χ2v) is 6.78. The fraction of sp³-hybridized carbons (Fsp3) is 0.333. The van der Waals surface area contributed by atoms with Crippen LogP contribution in [0.3, 0.4) is 0 Å². The van der Waals surface area contributed by atoms with Crippen LogP contribution in [-0.2, 0) is 4.79 Å². The molecule has 0 fully saturated rings. The molecule has 7 heteroatoms. The summed E-state index contributed by atoms with van der Waals surface area (Å²) in [6.45, 7) is 3.97. The SMILES string of the molecule is CCCN(CCCN)C(=O)C1=Cc2ccc(-c3cncnc3)cc2N=C(N)C1. The lowest BCUT2D eigenvalue weighted by atomic mass is 10.0. The molecule has 0 saturated heterocycles. The van der Waals surface area contributed by atoms with Gasteiger partial charge in [-0.25, -0.2) is 15.0 Å². The summed E-state index contributed by atoms with van der Waals surface area (Å²) in [7, 11) is 0. The molecule has 1 aromatic heterocycles. The smallest absolute Gasteiger partial charge is 0.250 e. The number of fused-ring (bicyclic) bond motifs is 1. The monoisotopic (exact) mass is 378 g/mol. The van der Waals surface area contributed by atoms with Gasteiger partial charge in [-0.15, -0.1) is 0 Å². The third-order valence-corrected chi connectivity index (χ3v) is 4.58. The van der Waals surface area contributed by atoms with E-state index in [1.165, 1.54) is 6.33 Å². The molecule has 1 aromatic carbocycles. The molecule has 2 heterocycles. The second kappa shape index (κ2) is 9.23. The van der Waals surface area contributed by atoms with Gasteiger partial charge in [-0.05, 0) is 37.1 Å². The Kier molecular flexibility index (Phi) is 6.49. The Labute approximate surface area is 165 Å². The molecule has 1 aliphatic rings. The summed E-state index contributed by atoms with van der Waals surface area (Å²) in [5.41, 5.74) is 15.9. The zero-order chi connectivity index (χ0) is 19.9. The highest BCUT2D eigenvalue weighted by atomic mass is 16.2. The van der Waals surface area contributed by atoms with E-state index in [9.17, 15) is 4.79 Å². The van der Waals surface area contributed by atoms with E-state index in [1.807, 2.05) is 29.2 Å². The first-order valence-corrected chi connectivity index (χ1v) is 9.54. The molecule has 28 heavy (non-hydrogen) atoms. The van der Waals surface area contributed by atoms with E-state index in [0.29, 0.717) is 37.5 Å². The summed E-state index contributed by atoms with van der Waals surface area (Å²) in [6.07, 6.45) is 8.91. The minimum absolute atomic E-state index is 0.00170. The van der Waals surface area contributed by atoms with Gasteiger partial charge in [-0.2, -0.15) is 0 Å². The average molecular weight is 378 g/mol. The summed E-state index contributed by atoms with van der Waals surface area (Å²) in [5, 5.41) is 0. The number of carbonyl (C=O) groups is 1. The zero-order valence-electron chi connectivity index (χ0n) is 16.1. The van der Waals surface area contributed by atoms with Gasteiger partial charge in [-0.3, -0.25) is 4.79 Å². The molecule has 0 saturated carbocycles. The Morgan fingerprint density at radius 3 is 2.68 bits per heavy atom. The summed E-state index contributed by atoms with van der Waals surface area (Å²) in [6, 6.07) is 5.88. The van der Waals surface area contributed by atoms with Gasteiger partial charge in [0.05, 0.1) is 5.69 Å². The maximum Gasteiger partial charge on any atom is 0.250 e. The molecule has 3 rings (SSSR count). The zero-order valence-corrected chi connectivity index (χ0v) is 16.1. The van der Waals surface area contributed by atoms with Gasteiger partial charge < -0.3 is 16.4 Å². The highest BCUT2D eigenvalue weighted by molar-refractivity contribution is 6.05. The van der Waals surface area contributed by atoms with Crippen LogP contribution in [0.5, 0.6) is 0 Å². The molecule has 7 nitrogen and oxygen atoms in total. The Balaban J connectivity index is 1.93. The largest absolute Gasteiger partial charge is 0.387 e. The van der Waals surface area contributed by atoms with Crippen molar-refractivity contribution >= 4 is 23.5 Å². The van der Waals surface area contributed by atoms with Crippen molar-refractivity contribution < 1.29 is 4.79 Å². The molecule has 0 aliphatic carbocycles. The van der Waals surface area contributed by atoms with Gasteiger partial charge in [0.1, 0.15) is 12.2 Å². The molecule has 0 atom stereocenters. The van der Waals surface area contributed by atoms with Crippen LogP contribution >= 0.6 is 0 Å². The van der Waals surface area contributed by atoms with Crippen LogP contribution < -0.4 is 11.5 Å². The lowest BCUT2D eigenvalue weighted by Crippen LogP contribution is -2.35. The number of carbonyl (C=O) groups excluding carboxylic acids is 1. The predicted octanol–water partition coefficient (Wildman–Crippen LogP) is 2.51. The molecule has 146 valence electrons. The van der Waals surface area contributed by atoms with Crippen molar-refractivity contribution in [1.29, 1.82) is 0 Å². The summed E-state index contributed by atoms with van der Waals surface area (Å²) in [5.74, 6) is 0.428. The molecule has 2 aromatic rings. The van der Waals surface area contributed by atoms with E-state index < -0.39 is 0 Å². The number of hydrogen-bond acceptors (Lipinski definition) is 6. The Hall–Kier alpha value is -3.06. The van der Waals surface area contributed by atoms with Crippen LogP contribution in [0.25, 0.3) is 17.2 Å². The van der Waals surface area contributed by atoms with E-state index >= 15 is 0 Å². The minimum atomic E-state index is 0.00170. The third kappa shape index (κ3) is 4.61. The van der Waals surface area contributed by atoms with Crippen LogP contribution in [0.1, 0.15) is 31.7 Å². The molecular weight excluding hydrogens is 352 g/mol. The highest BCUT2D eigenvalue weighted by Gasteiger charge is 2.21. The highest BCUT2D eigenvalue weighted by Crippen LogP contribution is 2.31. The number of rotatable bonds is 7. The quantitative estimate of drug-likeness (QED) is 0.769. The predicted molar refractivity (Wildman–Crippen MR) is 112 cm³/mol. The lowest BCUT2D eigenvalue weighted by molar-refractivity contribution is -0.127.